The standard InChI is InChI=1S/C13H12BrClN2OS/c1-8-6-11(15)10(7-17-8)13(18)16-5-4-9-2-3-12(14)19-9/h2-3,6-7H,4-5H2,1H3,(H,16,18). The fraction of sp³-hybridized carbons (Fsp3) is 0.231. The number of hydrogen-bond acceptors (Lipinski definition) is 3. The summed E-state index contributed by atoms with van der Waals surface area (Å²) < 4.78 is 1.10. The van der Waals surface area contributed by atoms with Gasteiger partial charge in [-0.15, -0.1) is 11.3 Å². The topological polar surface area (TPSA) is 42.0 Å². The Hall–Kier alpha value is -0.910. The summed E-state index contributed by atoms with van der Waals surface area (Å²) >= 11 is 11.1. The van der Waals surface area contributed by atoms with Crippen LogP contribution in [0.15, 0.2) is 28.2 Å². The number of halogens is 2. The molecule has 2 aromatic heterocycles. The number of pyridine rings is 1. The summed E-state index contributed by atoms with van der Waals surface area (Å²) in [5, 5.41) is 3.28. The van der Waals surface area contributed by atoms with Gasteiger partial charge in [-0.05, 0) is 47.5 Å². The van der Waals surface area contributed by atoms with Crippen molar-refractivity contribution in [2.24, 2.45) is 0 Å². The van der Waals surface area contributed by atoms with Gasteiger partial charge in [0.25, 0.3) is 5.91 Å². The monoisotopic (exact) mass is 358 g/mol. The first-order valence-corrected chi connectivity index (χ1v) is 7.69. The van der Waals surface area contributed by atoms with Crippen LogP contribution in [0.1, 0.15) is 20.9 Å². The van der Waals surface area contributed by atoms with E-state index in [1.54, 1.807) is 17.4 Å². The van der Waals surface area contributed by atoms with Crippen LogP contribution in [0.2, 0.25) is 5.02 Å². The number of nitrogens with zero attached hydrogens (tertiary/aromatic N) is 1. The quantitative estimate of drug-likeness (QED) is 0.901. The van der Waals surface area contributed by atoms with E-state index in [0.717, 1.165) is 15.9 Å². The van der Waals surface area contributed by atoms with E-state index < -0.39 is 0 Å². The van der Waals surface area contributed by atoms with E-state index in [4.69, 9.17) is 11.6 Å². The van der Waals surface area contributed by atoms with Crippen molar-refractivity contribution < 1.29 is 4.79 Å². The van der Waals surface area contributed by atoms with Crippen LogP contribution in [-0.2, 0) is 6.42 Å². The number of nitrogens with one attached hydrogen (secondary N) is 1. The molecule has 0 spiro atoms. The van der Waals surface area contributed by atoms with Crippen LogP contribution >= 0.6 is 38.9 Å². The van der Waals surface area contributed by atoms with Crippen molar-refractivity contribution in [1.29, 1.82) is 0 Å². The van der Waals surface area contributed by atoms with Crippen molar-refractivity contribution in [3.63, 3.8) is 0 Å². The van der Waals surface area contributed by atoms with Gasteiger partial charge in [0.15, 0.2) is 0 Å². The summed E-state index contributed by atoms with van der Waals surface area (Å²) in [6.07, 6.45) is 2.31. The van der Waals surface area contributed by atoms with Crippen LogP contribution in [-0.4, -0.2) is 17.4 Å². The summed E-state index contributed by atoms with van der Waals surface area (Å²) in [5.74, 6) is -0.187. The van der Waals surface area contributed by atoms with Gasteiger partial charge in [0, 0.05) is 23.3 Å². The Morgan fingerprint density at radius 2 is 2.32 bits per heavy atom. The molecule has 6 heteroatoms. The molecular formula is C13H12BrClN2OS. The Kier molecular flexibility index (Phi) is 4.96. The molecule has 19 heavy (non-hydrogen) atoms. The average Bonchev–Trinajstić information content (AvgIpc) is 2.75. The zero-order chi connectivity index (χ0) is 13.8. The number of aryl methyl sites for hydroxylation is 1. The van der Waals surface area contributed by atoms with E-state index in [0.29, 0.717) is 17.1 Å². The number of amides is 1. The van der Waals surface area contributed by atoms with Crippen LogP contribution in [0.25, 0.3) is 0 Å². The number of hydrogen-bond donors (Lipinski definition) is 1. The van der Waals surface area contributed by atoms with Gasteiger partial charge in [-0.1, -0.05) is 11.6 Å². The average molecular weight is 360 g/mol. The molecule has 0 saturated carbocycles. The SMILES string of the molecule is Cc1cc(Cl)c(C(=O)NCCc2ccc(Br)s2)cn1. The van der Waals surface area contributed by atoms with Gasteiger partial charge in [0.1, 0.15) is 0 Å². The van der Waals surface area contributed by atoms with Crippen molar-refractivity contribution in [2.45, 2.75) is 13.3 Å². The molecule has 2 rings (SSSR count). The maximum Gasteiger partial charge on any atom is 0.254 e. The van der Waals surface area contributed by atoms with Gasteiger partial charge in [-0.3, -0.25) is 9.78 Å². The molecule has 0 unspecified atom stereocenters. The highest BCUT2D eigenvalue weighted by molar-refractivity contribution is 9.11. The zero-order valence-corrected chi connectivity index (χ0v) is 13.4. The third-order valence-corrected chi connectivity index (χ3v) is 4.52. The maximum absolute atomic E-state index is 11.9. The lowest BCUT2D eigenvalue weighted by Crippen LogP contribution is -2.26. The first-order valence-electron chi connectivity index (χ1n) is 5.71. The molecule has 0 saturated heterocycles. The first-order chi connectivity index (χ1) is 9.06. The summed E-state index contributed by atoms with van der Waals surface area (Å²) in [4.78, 5) is 17.2. The fourth-order valence-electron chi connectivity index (χ4n) is 1.57. The molecule has 2 heterocycles. The molecule has 0 aliphatic carbocycles. The lowest BCUT2D eigenvalue weighted by molar-refractivity contribution is 0.0954. The second kappa shape index (κ2) is 6.50. The summed E-state index contributed by atoms with van der Waals surface area (Å²) in [6.45, 7) is 2.41. The second-order valence-electron chi connectivity index (χ2n) is 4.02. The first kappa shape index (κ1) is 14.5. The Labute approximate surface area is 129 Å². The van der Waals surface area contributed by atoms with E-state index in [-0.39, 0.29) is 5.91 Å². The fourth-order valence-corrected chi connectivity index (χ4v) is 3.35. The Morgan fingerprint density at radius 3 is 2.95 bits per heavy atom. The van der Waals surface area contributed by atoms with Crippen molar-refractivity contribution in [3.8, 4) is 0 Å². The highest BCUT2D eigenvalue weighted by Gasteiger charge is 2.10. The van der Waals surface area contributed by atoms with Crippen LogP contribution < -0.4 is 5.32 Å². The summed E-state index contributed by atoms with van der Waals surface area (Å²) in [5.41, 5.74) is 1.21. The molecule has 100 valence electrons. The van der Waals surface area contributed by atoms with Gasteiger partial charge in [0.2, 0.25) is 0 Å². The van der Waals surface area contributed by atoms with E-state index in [2.05, 4.69) is 26.2 Å². The molecule has 0 bridgehead atoms. The van der Waals surface area contributed by atoms with Gasteiger partial charge in [-0.2, -0.15) is 0 Å². The summed E-state index contributed by atoms with van der Waals surface area (Å²) in [7, 11) is 0. The van der Waals surface area contributed by atoms with Crippen LogP contribution in [0.4, 0.5) is 0 Å². The number of thiophene rings is 1. The Morgan fingerprint density at radius 1 is 1.53 bits per heavy atom. The Bertz CT molecular complexity index is 600. The largest absolute Gasteiger partial charge is 0.352 e. The molecule has 0 aromatic carbocycles. The minimum absolute atomic E-state index is 0.187. The second-order valence-corrected chi connectivity index (χ2v) is 6.97. The van der Waals surface area contributed by atoms with Crippen LogP contribution in [0.5, 0.6) is 0 Å². The van der Waals surface area contributed by atoms with Crippen LogP contribution in [0.3, 0.4) is 0 Å². The third-order valence-electron chi connectivity index (χ3n) is 2.52. The maximum atomic E-state index is 11.9. The Balaban J connectivity index is 1.90. The predicted octanol–water partition coefficient (Wildman–Crippen LogP) is 3.84. The normalized spacial score (nSPS) is 10.5. The molecule has 0 fully saturated rings. The number of rotatable bonds is 4. The van der Waals surface area contributed by atoms with Gasteiger partial charge in [-0.25, -0.2) is 0 Å². The molecule has 0 atom stereocenters. The van der Waals surface area contributed by atoms with E-state index in [9.17, 15) is 4.79 Å². The molecule has 3 nitrogen and oxygen atoms in total. The molecule has 0 aliphatic rings. The molecule has 0 radical (unpaired) electrons. The number of carbonyl (C=O) groups excluding carboxylic acids is 1. The summed E-state index contributed by atoms with van der Waals surface area (Å²) in [6, 6.07) is 5.73. The molecule has 1 amide bonds. The lowest BCUT2D eigenvalue weighted by atomic mass is 10.2. The number of aromatic nitrogens is 1. The minimum atomic E-state index is -0.187. The van der Waals surface area contributed by atoms with Gasteiger partial charge >= 0.3 is 0 Å². The smallest absolute Gasteiger partial charge is 0.254 e. The van der Waals surface area contributed by atoms with E-state index in [1.165, 1.54) is 11.1 Å². The molecule has 2 aromatic rings. The van der Waals surface area contributed by atoms with E-state index in [1.807, 2.05) is 19.1 Å². The highest BCUT2D eigenvalue weighted by Crippen LogP contribution is 2.22. The van der Waals surface area contributed by atoms with Crippen molar-refractivity contribution in [2.75, 3.05) is 6.54 Å². The third kappa shape index (κ3) is 4.03. The molecule has 0 aliphatic heterocycles. The van der Waals surface area contributed by atoms with E-state index >= 15 is 0 Å². The van der Waals surface area contributed by atoms with Crippen molar-refractivity contribution in [3.05, 3.63) is 49.3 Å². The zero-order valence-electron chi connectivity index (χ0n) is 10.2. The predicted molar refractivity (Wildman–Crippen MR) is 82.0 cm³/mol. The van der Waals surface area contributed by atoms with Crippen LogP contribution in [0, 0.1) is 6.92 Å². The number of carbonyl (C=O) groups is 1. The molecular weight excluding hydrogens is 348 g/mol. The lowest BCUT2D eigenvalue weighted by Gasteiger charge is -2.06. The van der Waals surface area contributed by atoms with Gasteiger partial charge < -0.3 is 5.32 Å². The van der Waals surface area contributed by atoms with Gasteiger partial charge in [0.05, 0.1) is 14.4 Å². The van der Waals surface area contributed by atoms with Crippen molar-refractivity contribution in [1.82, 2.24) is 10.3 Å². The van der Waals surface area contributed by atoms with Crippen molar-refractivity contribution >= 4 is 44.8 Å². The highest BCUT2D eigenvalue weighted by atomic mass is 79.9. The molecule has 1 N–H and O–H groups in total. The minimum Gasteiger partial charge on any atom is -0.352 e.